The molecule has 0 spiro atoms. The van der Waals surface area contributed by atoms with E-state index in [1.807, 2.05) is 6.07 Å². The average molecular weight is 231 g/mol. The zero-order chi connectivity index (χ0) is 12.5. The predicted octanol–water partition coefficient (Wildman–Crippen LogP) is 2.07. The van der Waals surface area contributed by atoms with Gasteiger partial charge >= 0.3 is 0 Å². The van der Waals surface area contributed by atoms with Gasteiger partial charge in [0.05, 0.1) is 18.2 Å². The number of pyridine rings is 1. The first-order valence-corrected chi connectivity index (χ1v) is 5.88. The molecule has 0 aliphatic carbocycles. The number of nitrogens with zero attached hydrogens (tertiary/aromatic N) is 2. The number of aromatic nitrogens is 1. The van der Waals surface area contributed by atoms with E-state index in [0.29, 0.717) is 17.8 Å². The Labute approximate surface area is 102 Å². The first-order valence-electron chi connectivity index (χ1n) is 5.88. The second-order valence-electron chi connectivity index (χ2n) is 3.83. The molecule has 0 aromatic carbocycles. The van der Waals surface area contributed by atoms with Gasteiger partial charge in [0.1, 0.15) is 0 Å². The molecule has 17 heavy (non-hydrogen) atoms. The third-order valence-corrected chi connectivity index (χ3v) is 2.40. The Morgan fingerprint density at radius 2 is 2.35 bits per heavy atom. The predicted molar refractivity (Wildman–Crippen MR) is 65.4 cm³/mol. The number of rotatable bonds is 6. The Morgan fingerprint density at radius 1 is 1.53 bits per heavy atom. The van der Waals surface area contributed by atoms with Crippen molar-refractivity contribution in [1.82, 2.24) is 10.3 Å². The van der Waals surface area contributed by atoms with Gasteiger partial charge in [0.2, 0.25) is 0 Å². The average Bonchev–Trinajstić information content (AvgIpc) is 2.35. The van der Waals surface area contributed by atoms with E-state index in [2.05, 4.69) is 17.2 Å². The van der Waals surface area contributed by atoms with Crippen LogP contribution >= 0.6 is 0 Å². The Balaban J connectivity index is 2.51. The number of nitrogens with one attached hydrogen (secondary N) is 1. The molecule has 0 radical (unpaired) electrons. The van der Waals surface area contributed by atoms with Crippen LogP contribution in [0.25, 0.3) is 0 Å². The fourth-order valence-electron chi connectivity index (χ4n) is 1.48. The van der Waals surface area contributed by atoms with Crippen LogP contribution in [0.5, 0.6) is 0 Å². The van der Waals surface area contributed by atoms with Crippen LogP contribution in [-0.2, 0) is 6.42 Å². The number of amides is 1. The molecular formula is C13H17N3O. The van der Waals surface area contributed by atoms with Gasteiger partial charge in [0, 0.05) is 18.3 Å². The van der Waals surface area contributed by atoms with Crippen LogP contribution in [0.3, 0.4) is 0 Å². The molecule has 1 aromatic rings. The number of carbonyl (C=O) groups is 1. The largest absolute Gasteiger partial charge is 0.352 e. The molecule has 1 N–H and O–H groups in total. The minimum absolute atomic E-state index is 0.0947. The highest BCUT2D eigenvalue weighted by molar-refractivity contribution is 5.94. The van der Waals surface area contributed by atoms with E-state index < -0.39 is 0 Å². The van der Waals surface area contributed by atoms with Gasteiger partial charge in [-0.05, 0) is 18.6 Å². The molecule has 0 atom stereocenters. The van der Waals surface area contributed by atoms with E-state index in [0.717, 1.165) is 19.3 Å². The molecule has 1 aromatic heterocycles. The number of hydrogen-bond donors (Lipinski definition) is 1. The van der Waals surface area contributed by atoms with E-state index >= 15 is 0 Å². The summed E-state index contributed by atoms with van der Waals surface area (Å²) in [4.78, 5) is 15.8. The SMILES string of the molecule is CCCCCNC(=O)c1ccnc(CC#N)c1. The monoisotopic (exact) mass is 231 g/mol. The van der Waals surface area contributed by atoms with Gasteiger partial charge in [-0.3, -0.25) is 9.78 Å². The third kappa shape index (κ3) is 4.64. The van der Waals surface area contributed by atoms with Crippen molar-refractivity contribution in [3.63, 3.8) is 0 Å². The zero-order valence-electron chi connectivity index (χ0n) is 10.1. The van der Waals surface area contributed by atoms with Crippen LogP contribution < -0.4 is 5.32 Å². The Hall–Kier alpha value is -1.89. The summed E-state index contributed by atoms with van der Waals surface area (Å²) < 4.78 is 0. The topological polar surface area (TPSA) is 65.8 Å². The van der Waals surface area contributed by atoms with Gasteiger partial charge in [-0.2, -0.15) is 5.26 Å². The van der Waals surface area contributed by atoms with E-state index in [9.17, 15) is 4.79 Å². The summed E-state index contributed by atoms with van der Waals surface area (Å²) in [5, 5.41) is 11.4. The summed E-state index contributed by atoms with van der Waals surface area (Å²) in [5.74, 6) is -0.0947. The van der Waals surface area contributed by atoms with Gasteiger partial charge in [-0.15, -0.1) is 0 Å². The van der Waals surface area contributed by atoms with E-state index in [1.165, 1.54) is 0 Å². The molecule has 1 heterocycles. The summed E-state index contributed by atoms with van der Waals surface area (Å²) in [5.41, 5.74) is 1.20. The molecule has 0 saturated heterocycles. The summed E-state index contributed by atoms with van der Waals surface area (Å²) in [7, 11) is 0. The van der Waals surface area contributed by atoms with E-state index in [4.69, 9.17) is 5.26 Å². The Bertz CT molecular complexity index is 409. The molecule has 0 unspecified atom stereocenters. The van der Waals surface area contributed by atoms with Crippen molar-refractivity contribution >= 4 is 5.91 Å². The van der Waals surface area contributed by atoms with Crippen molar-refractivity contribution < 1.29 is 4.79 Å². The minimum Gasteiger partial charge on any atom is -0.352 e. The lowest BCUT2D eigenvalue weighted by atomic mass is 10.2. The molecule has 0 aliphatic heterocycles. The van der Waals surface area contributed by atoms with Crippen LogP contribution in [0.2, 0.25) is 0 Å². The maximum atomic E-state index is 11.7. The van der Waals surface area contributed by atoms with Crippen LogP contribution in [0.15, 0.2) is 18.3 Å². The first kappa shape index (κ1) is 13.2. The summed E-state index contributed by atoms with van der Waals surface area (Å²) in [6, 6.07) is 5.34. The van der Waals surface area contributed by atoms with Crippen LogP contribution in [0, 0.1) is 11.3 Å². The minimum atomic E-state index is -0.0947. The quantitative estimate of drug-likeness (QED) is 0.762. The van der Waals surface area contributed by atoms with Crippen molar-refractivity contribution in [2.24, 2.45) is 0 Å². The molecule has 4 heteroatoms. The molecule has 0 saturated carbocycles. The van der Waals surface area contributed by atoms with Crippen molar-refractivity contribution in [3.8, 4) is 6.07 Å². The maximum absolute atomic E-state index is 11.7. The fraction of sp³-hybridized carbons (Fsp3) is 0.462. The normalized spacial score (nSPS) is 9.65. The molecule has 90 valence electrons. The van der Waals surface area contributed by atoms with Crippen molar-refractivity contribution in [2.45, 2.75) is 32.6 Å². The lowest BCUT2D eigenvalue weighted by molar-refractivity contribution is 0.0952. The van der Waals surface area contributed by atoms with Crippen molar-refractivity contribution in [2.75, 3.05) is 6.54 Å². The summed E-state index contributed by atoms with van der Waals surface area (Å²) in [6.07, 6.45) is 5.05. The lowest BCUT2D eigenvalue weighted by Crippen LogP contribution is -2.24. The summed E-state index contributed by atoms with van der Waals surface area (Å²) in [6.45, 7) is 2.82. The molecular weight excluding hydrogens is 214 g/mol. The van der Waals surface area contributed by atoms with Gasteiger partial charge in [0.25, 0.3) is 5.91 Å². The second kappa shape index (κ2) is 7.39. The van der Waals surface area contributed by atoms with E-state index in [1.54, 1.807) is 18.3 Å². The standard InChI is InChI=1S/C13H17N3O/c1-2-3-4-8-16-13(17)11-6-9-15-12(10-11)5-7-14/h6,9-10H,2-5,8H2,1H3,(H,16,17). The van der Waals surface area contributed by atoms with Crippen LogP contribution in [0.4, 0.5) is 0 Å². The second-order valence-corrected chi connectivity index (χ2v) is 3.83. The van der Waals surface area contributed by atoms with Crippen molar-refractivity contribution in [1.29, 1.82) is 5.26 Å². The molecule has 0 fully saturated rings. The smallest absolute Gasteiger partial charge is 0.251 e. The lowest BCUT2D eigenvalue weighted by Gasteiger charge is -2.05. The Morgan fingerprint density at radius 3 is 3.06 bits per heavy atom. The zero-order valence-corrected chi connectivity index (χ0v) is 10.1. The maximum Gasteiger partial charge on any atom is 0.251 e. The third-order valence-electron chi connectivity index (χ3n) is 2.40. The number of hydrogen-bond acceptors (Lipinski definition) is 3. The van der Waals surface area contributed by atoms with Gasteiger partial charge < -0.3 is 5.32 Å². The highest BCUT2D eigenvalue weighted by atomic mass is 16.1. The van der Waals surface area contributed by atoms with Crippen LogP contribution in [0.1, 0.15) is 42.2 Å². The molecule has 0 bridgehead atoms. The van der Waals surface area contributed by atoms with E-state index in [-0.39, 0.29) is 12.3 Å². The fourth-order valence-corrected chi connectivity index (χ4v) is 1.48. The molecule has 4 nitrogen and oxygen atoms in total. The highest BCUT2D eigenvalue weighted by Crippen LogP contribution is 2.02. The van der Waals surface area contributed by atoms with Gasteiger partial charge in [-0.1, -0.05) is 19.8 Å². The van der Waals surface area contributed by atoms with Gasteiger partial charge in [-0.25, -0.2) is 0 Å². The molecule has 1 amide bonds. The number of nitriles is 1. The Kier molecular flexibility index (Phi) is 5.73. The number of carbonyl (C=O) groups excluding carboxylic acids is 1. The number of unbranched alkanes of at least 4 members (excludes halogenated alkanes) is 2. The molecule has 0 aliphatic rings. The van der Waals surface area contributed by atoms with Gasteiger partial charge in [0.15, 0.2) is 0 Å². The summed E-state index contributed by atoms with van der Waals surface area (Å²) >= 11 is 0. The highest BCUT2D eigenvalue weighted by Gasteiger charge is 2.05. The van der Waals surface area contributed by atoms with Crippen LogP contribution in [-0.4, -0.2) is 17.4 Å². The molecule has 1 rings (SSSR count). The first-order chi connectivity index (χ1) is 8.27. The van der Waals surface area contributed by atoms with Crippen molar-refractivity contribution in [3.05, 3.63) is 29.6 Å².